The van der Waals surface area contributed by atoms with Crippen molar-refractivity contribution in [1.29, 1.82) is 0 Å². The van der Waals surface area contributed by atoms with E-state index in [9.17, 15) is 4.79 Å². The molecular weight excluding hydrogens is 146 g/mol. The summed E-state index contributed by atoms with van der Waals surface area (Å²) in [5.41, 5.74) is 0. The van der Waals surface area contributed by atoms with Gasteiger partial charge in [-0.1, -0.05) is 6.08 Å². The van der Waals surface area contributed by atoms with Gasteiger partial charge in [-0.2, -0.15) is 0 Å². The molecule has 1 heterocycles. The second-order valence-electron chi connectivity index (χ2n) is 2.17. The number of carbonyl (C=O) groups is 1. The molecule has 0 bridgehead atoms. The van der Waals surface area contributed by atoms with E-state index in [4.69, 9.17) is 0 Å². The average molecular weight is 157 g/mol. The molecule has 1 N–H and O–H groups in total. The lowest BCUT2D eigenvalue weighted by molar-refractivity contribution is -0.120. The van der Waals surface area contributed by atoms with Crippen molar-refractivity contribution in [2.24, 2.45) is 0 Å². The lowest BCUT2D eigenvalue weighted by Gasteiger charge is -2.19. The molecule has 1 atom stereocenters. The van der Waals surface area contributed by atoms with E-state index in [1.54, 1.807) is 17.8 Å². The van der Waals surface area contributed by atoms with Crippen LogP contribution in [0.3, 0.4) is 0 Å². The second-order valence-corrected chi connectivity index (χ2v) is 3.49. The van der Waals surface area contributed by atoms with Crippen molar-refractivity contribution in [2.45, 2.75) is 11.7 Å². The summed E-state index contributed by atoms with van der Waals surface area (Å²) in [5, 5.41) is 2.93. The Balaban J connectivity index is 2.39. The molecule has 2 nitrogen and oxygen atoms in total. The molecule has 1 amide bonds. The first-order valence-electron chi connectivity index (χ1n) is 3.35. The molecule has 0 radical (unpaired) electrons. The topological polar surface area (TPSA) is 29.1 Å². The number of carbonyl (C=O) groups excluding carboxylic acids is 1. The van der Waals surface area contributed by atoms with E-state index < -0.39 is 0 Å². The summed E-state index contributed by atoms with van der Waals surface area (Å²) in [5.74, 6) is 1.20. The van der Waals surface area contributed by atoms with Gasteiger partial charge in [0.15, 0.2) is 0 Å². The molecule has 0 aliphatic carbocycles. The highest BCUT2D eigenvalue weighted by atomic mass is 32.2. The number of rotatable bonds is 2. The Labute approximate surface area is 65.1 Å². The summed E-state index contributed by atoms with van der Waals surface area (Å²) < 4.78 is 0. The summed E-state index contributed by atoms with van der Waals surface area (Å²) >= 11 is 1.71. The van der Waals surface area contributed by atoms with E-state index in [0.717, 1.165) is 18.7 Å². The van der Waals surface area contributed by atoms with Crippen LogP contribution in [0, 0.1) is 0 Å². The summed E-state index contributed by atoms with van der Waals surface area (Å²) in [6, 6.07) is 0. The Morgan fingerprint density at radius 2 is 2.70 bits per heavy atom. The Hall–Kier alpha value is -0.440. The number of amides is 1. The molecule has 0 spiro atoms. The highest BCUT2D eigenvalue weighted by Gasteiger charge is 2.20. The average Bonchev–Trinajstić information content (AvgIpc) is 1.94. The smallest absolute Gasteiger partial charge is 0.233 e. The van der Waals surface area contributed by atoms with E-state index in [2.05, 4.69) is 11.9 Å². The quantitative estimate of drug-likeness (QED) is 0.600. The van der Waals surface area contributed by atoms with E-state index in [-0.39, 0.29) is 11.2 Å². The third kappa shape index (κ3) is 1.77. The van der Waals surface area contributed by atoms with Crippen molar-refractivity contribution >= 4 is 17.7 Å². The van der Waals surface area contributed by atoms with Gasteiger partial charge >= 0.3 is 0 Å². The molecule has 56 valence electrons. The van der Waals surface area contributed by atoms with Crippen LogP contribution < -0.4 is 5.32 Å². The SMILES string of the molecule is C=CC[C@H]1SCCNC1=O. The predicted molar refractivity (Wildman–Crippen MR) is 44.1 cm³/mol. The second kappa shape index (κ2) is 3.66. The van der Waals surface area contributed by atoms with Gasteiger partial charge < -0.3 is 5.32 Å². The maximum atomic E-state index is 11.0. The van der Waals surface area contributed by atoms with Crippen LogP contribution in [0.1, 0.15) is 6.42 Å². The first-order valence-corrected chi connectivity index (χ1v) is 4.39. The largest absolute Gasteiger partial charge is 0.354 e. The zero-order chi connectivity index (χ0) is 7.40. The Morgan fingerprint density at radius 1 is 1.90 bits per heavy atom. The lowest BCUT2D eigenvalue weighted by atomic mass is 10.3. The number of thioether (sulfide) groups is 1. The van der Waals surface area contributed by atoms with Crippen LogP contribution in [0.2, 0.25) is 0 Å². The first kappa shape index (κ1) is 7.66. The van der Waals surface area contributed by atoms with Crippen LogP contribution in [-0.4, -0.2) is 23.5 Å². The van der Waals surface area contributed by atoms with Crippen molar-refractivity contribution in [1.82, 2.24) is 5.32 Å². The Bertz CT molecular complexity index is 147. The normalized spacial score (nSPS) is 25.6. The molecule has 0 unspecified atom stereocenters. The molecule has 1 fully saturated rings. The van der Waals surface area contributed by atoms with Crippen molar-refractivity contribution in [3.05, 3.63) is 12.7 Å². The molecule has 1 aliphatic rings. The zero-order valence-electron chi connectivity index (χ0n) is 5.80. The summed E-state index contributed by atoms with van der Waals surface area (Å²) in [7, 11) is 0. The molecule has 1 aliphatic heterocycles. The molecule has 1 saturated heterocycles. The van der Waals surface area contributed by atoms with Crippen LogP contribution in [0.5, 0.6) is 0 Å². The number of hydrogen-bond acceptors (Lipinski definition) is 2. The minimum absolute atomic E-state index is 0.117. The fourth-order valence-electron chi connectivity index (χ4n) is 0.891. The van der Waals surface area contributed by atoms with Gasteiger partial charge in [0.1, 0.15) is 0 Å². The first-order chi connectivity index (χ1) is 4.84. The molecule has 1 rings (SSSR count). The van der Waals surface area contributed by atoms with E-state index >= 15 is 0 Å². The predicted octanol–water partition coefficient (Wildman–Crippen LogP) is 0.794. The number of nitrogens with one attached hydrogen (secondary N) is 1. The highest BCUT2D eigenvalue weighted by molar-refractivity contribution is 8.00. The highest BCUT2D eigenvalue weighted by Crippen LogP contribution is 2.17. The van der Waals surface area contributed by atoms with E-state index in [0.29, 0.717) is 0 Å². The van der Waals surface area contributed by atoms with Crippen molar-refractivity contribution in [2.75, 3.05) is 12.3 Å². The van der Waals surface area contributed by atoms with Crippen LogP contribution in [0.25, 0.3) is 0 Å². The number of hydrogen-bond donors (Lipinski definition) is 1. The van der Waals surface area contributed by atoms with Crippen LogP contribution in [0.15, 0.2) is 12.7 Å². The van der Waals surface area contributed by atoms with Crippen LogP contribution in [0.4, 0.5) is 0 Å². The van der Waals surface area contributed by atoms with Gasteiger partial charge in [-0.05, 0) is 6.42 Å². The standard InChI is InChI=1S/C7H11NOS/c1-2-3-6-7(9)8-4-5-10-6/h2,6H,1,3-5H2,(H,8,9)/t6-/m1/s1. The van der Waals surface area contributed by atoms with Gasteiger partial charge in [-0.3, -0.25) is 4.79 Å². The van der Waals surface area contributed by atoms with Gasteiger partial charge in [-0.15, -0.1) is 18.3 Å². The monoisotopic (exact) mass is 157 g/mol. The fraction of sp³-hybridized carbons (Fsp3) is 0.571. The summed E-state index contributed by atoms with van der Waals surface area (Å²) in [6.45, 7) is 4.41. The third-order valence-corrected chi connectivity index (χ3v) is 2.64. The molecular formula is C7H11NOS. The Kier molecular flexibility index (Phi) is 2.81. The molecule has 0 aromatic rings. The minimum atomic E-state index is 0.117. The summed E-state index contributed by atoms with van der Waals surface area (Å²) in [4.78, 5) is 11.0. The van der Waals surface area contributed by atoms with Gasteiger partial charge in [0.05, 0.1) is 5.25 Å². The fourth-order valence-corrected chi connectivity index (χ4v) is 1.90. The molecule has 3 heteroatoms. The number of allylic oxidation sites excluding steroid dienone is 1. The molecule has 0 aromatic carbocycles. The van der Waals surface area contributed by atoms with Crippen LogP contribution >= 0.6 is 11.8 Å². The Morgan fingerprint density at radius 3 is 3.30 bits per heavy atom. The third-order valence-electron chi connectivity index (χ3n) is 1.39. The van der Waals surface area contributed by atoms with Crippen molar-refractivity contribution in [3.8, 4) is 0 Å². The lowest BCUT2D eigenvalue weighted by Crippen LogP contribution is -2.38. The van der Waals surface area contributed by atoms with E-state index in [1.165, 1.54) is 0 Å². The van der Waals surface area contributed by atoms with Crippen LogP contribution in [-0.2, 0) is 4.79 Å². The molecule has 0 saturated carbocycles. The molecule has 0 aromatic heterocycles. The van der Waals surface area contributed by atoms with Gasteiger partial charge in [-0.25, -0.2) is 0 Å². The van der Waals surface area contributed by atoms with Crippen molar-refractivity contribution < 1.29 is 4.79 Å². The van der Waals surface area contributed by atoms with E-state index in [1.807, 2.05) is 0 Å². The van der Waals surface area contributed by atoms with Gasteiger partial charge in [0.2, 0.25) is 5.91 Å². The maximum Gasteiger partial charge on any atom is 0.233 e. The van der Waals surface area contributed by atoms with Gasteiger partial charge in [0.25, 0.3) is 0 Å². The summed E-state index contributed by atoms with van der Waals surface area (Å²) in [6.07, 6.45) is 2.58. The van der Waals surface area contributed by atoms with Gasteiger partial charge in [0, 0.05) is 12.3 Å². The van der Waals surface area contributed by atoms with Crippen molar-refractivity contribution in [3.63, 3.8) is 0 Å². The maximum absolute atomic E-state index is 11.0. The minimum Gasteiger partial charge on any atom is -0.354 e. The molecule has 10 heavy (non-hydrogen) atoms. The zero-order valence-corrected chi connectivity index (χ0v) is 6.62.